The topological polar surface area (TPSA) is 15.6 Å². The lowest BCUT2D eigenvalue weighted by Crippen LogP contribution is -2.33. The third-order valence-electron chi connectivity index (χ3n) is 2.47. The normalized spacial score (nSPS) is 20.4. The van der Waals surface area contributed by atoms with Crippen LogP contribution >= 0.6 is 0 Å². The van der Waals surface area contributed by atoms with E-state index in [1.165, 1.54) is 18.0 Å². The van der Waals surface area contributed by atoms with Crippen LogP contribution in [0.1, 0.15) is 6.92 Å². The minimum atomic E-state index is -4.39. The Hall–Kier alpha value is -1.78. The zero-order valence-electron chi connectivity index (χ0n) is 9.15. The average Bonchev–Trinajstić information content (AvgIpc) is 2.29. The number of para-hydroxylation sites is 1. The Balaban J connectivity index is 2.33. The van der Waals surface area contributed by atoms with Crippen LogP contribution in [0.3, 0.4) is 0 Å². The summed E-state index contributed by atoms with van der Waals surface area (Å²) in [5, 5.41) is 4.88. The van der Waals surface area contributed by atoms with Crippen molar-refractivity contribution in [3.05, 3.63) is 42.6 Å². The number of rotatable bonds is 1. The lowest BCUT2D eigenvalue weighted by molar-refractivity contribution is -0.0621. The summed E-state index contributed by atoms with van der Waals surface area (Å²) < 4.78 is 38.1. The standard InChI is InChI=1S/C12H11F3N2/c1-9-7-8-17(10-5-3-2-4-6-10)16-11(9)12(13,14)15/h2-9H,1H3. The Labute approximate surface area is 97.0 Å². The molecule has 1 aromatic carbocycles. The van der Waals surface area contributed by atoms with Crippen LogP contribution in [0.2, 0.25) is 0 Å². The second kappa shape index (κ2) is 4.24. The fourth-order valence-corrected chi connectivity index (χ4v) is 1.58. The molecule has 0 amide bonds. The van der Waals surface area contributed by atoms with Gasteiger partial charge in [0.05, 0.1) is 5.69 Å². The first-order chi connectivity index (χ1) is 7.98. The molecule has 0 radical (unpaired) electrons. The molecule has 0 aromatic heterocycles. The summed E-state index contributed by atoms with van der Waals surface area (Å²) >= 11 is 0. The molecule has 0 saturated heterocycles. The van der Waals surface area contributed by atoms with E-state index in [1.807, 2.05) is 0 Å². The van der Waals surface area contributed by atoms with E-state index in [0.29, 0.717) is 5.69 Å². The number of nitrogens with zero attached hydrogens (tertiary/aromatic N) is 2. The van der Waals surface area contributed by atoms with Gasteiger partial charge in [0.25, 0.3) is 0 Å². The molecule has 5 heteroatoms. The zero-order chi connectivity index (χ0) is 12.5. The SMILES string of the molecule is CC1C=CN(c2ccccc2)N=C1C(F)(F)F. The van der Waals surface area contributed by atoms with E-state index in [1.54, 1.807) is 36.5 Å². The van der Waals surface area contributed by atoms with Gasteiger partial charge in [0.1, 0.15) is 5.71 Å². The van der Waals surface area contributed by atoms with Crippen molar-refractivity contribution in [3.63, 3.8) is 0 Å². The summed E-state index contributed by atoms with van der Waals surface area (Å²) in [6.07, 6.45) is -1.35. The minimum absolute atomic E-state index is 0.609. The molecule has 0 N–H and O–H groups in total. The van der Waals surface area contributed by atoms with Crippen molar-refractivity contribution in [3.8, 4) is 0 Å². The average molecular weight is 240 g/mol. The molecule has 1 heterocycles. The van der Waals surface area contributed by atoms with Gasteiger partial charge >= 0.3 is 6.18 Å². The van der Waals surface area contributed by atoms with Gasteiger partial charge < -0.3 is 0 Å². The second-order valence-corrected chi connectivity index (χ2v) is 3.79. The van der Waals surface area contributed by atoms with Crippen molar-refractivity contribution in [2.24, 2.45) is 11.0 Å². The predicted molar refractivity (Wildman–Crippen MR) is 60.7 cm³/mol. The van der Waals surface area contributed by atoms with E-state index >= 15 is 0 Å². The number of hydrogen-bond acceptors (Lipinski definition) is 2. The van der Waals surface area contributed by atoms with Crippen molar-refractivity contribution >= 4 is 11.4 Å². The highest BCUT2D eigenvalue weighted by Crippen LogP contribution is 2.28. The van der Waals surface area contributed by atoms with E-state index in [-0.39, 0.29) is 0 Å². The summed E-state index contributed by atoms with van der Waals surface area (Å²) in [6, 6.07) is 8.72. The Kier molecular flexibility index (Phi) is 2.92. The van der Waals surface area contributed by atoms with Crippen LogP contribution in [-0.2, 0) is 0 Å². The van der Waals surface area contributed by atoms with Gasteiger partial charge in [-0.25, -0.2) is 5.01 Å². The molecule has 0 fully saturated rings. The van der Waals surface area contributed by atoms with Gasteiger partial charge in [0.2, 0.25) is 0 Å². The molecule has 1 unspecified atom stereocenters. The first-order valence-corrected chi connectivity index (χ1v) is 5.17. The molecule has 2 rings (SSSR count). The zero-order valence-corrected chi connectivity index (χ0v) is 9.15. The summed E-state index contributed by atoms with van der Waals surface area (Å²) in [5.74, 6) is -0.713. The summed E-state index contributed by atoms with van der Waals surface area (Å²) in [6.45, 7) is 1.48. The third kappa shape index (κ3) is 2.49. The van der Waals surface area contributed by atoms with E-state index in [0.717, 1.165) is 0 Å². The quantitative estimate of drug-likeness (QED) is 0.732. The first-order valence-electron chi connectivity index (χ1n) is 5.17. The summed E-state index contributed by atoms with van der Waals surface area (Å²) in [5.41, 5.74) is -0.166. The third-order valence-corrected chi connectivity index (χ3v) is 2.47. The highest BCUT2D eigenvalue weighted by molar-refractivity contribution is 5.94. The smallest absolute Gasteiger partial charge is 0.241 e. The Morgan fingerprint density at radius 3 is 2.41 bits per heavy atom. The number of allylic oxidation sites excluding steroid dienone is 1. The molecular formula is C12H11F3N2. The molecule has 0 bridgehead atoms. The van der Waals surface area contributed by atoms with Crippen LogP contribution in [0.5, 0.6) is 0 Å². The van der Waals surface area contributed by atoms with Gasteiger partial charge in [-0.05, 0) is 12.1 Å². The minimum Gasteiger partial charge on any atom is -0.241 e. The number of anilines is 1. The number of hydrogen-bond donors (Lipinski definition) is 0. The summed E-state index contributed by atoms with van der Waals surface area (Å²) in [7, 11) is 0. The Morgan fingerprint density at radius 1 is 1.18 bits per heavy atom. The van der Waals surface area contributed by atoms with Crippen molar-refractivity contribution in [2.75, 3.05) is 5.01 Å². The molecule has 17 heavy (non-hydrogen) atoms. The van der Waals surface area contributed by atoms with E-state index in [4.69, 9.17) is 0 Å². The van der Waals surface area contributed by atoms with Crippen molar-refractivity contribution in [2.45, 2.75) is 13.1 Å². The Bertz CT molecular complexity index is 449. The van der Waals surface area contributed by atoms with Crippen LogP contribution in [0.4, 0.5) is 18.9 Å². The van der Waals surface area contributed by atoms with Crippen LogP contribution < -0.4 is 5.01 Å². The highest BCUT2D eigenvalue weighted by atomic mass is 19.4. The van der Waals surface area contributed by atoms with E-state index in [9.17, 15) is 13.2 Å². The lowest BCUT2D eigenvalue weighted by Gasteiger charge is -2.24. The first kappa shape index (κ1) is 11.7. The van der Waals surface area contributed by atoms with Crippen LogP contribution in [-0.4, -0.2) is 11.9 Å². The molecule has 0 aliphatic carbocycles. The van der Waals surface area contributed by atoms with Gasteiger partial charge in [-0.3, -0.25) is 0 Å². The van der Waals surface area contributed by atoms with Crippen LogP contribution in [0, 0.1) is 5.92 Å². The number of hydrazone groups is 1. The van der Waals surface area contributed by atoms with Gasteiger partial charge in [-0.2, -0.15) is 18.3 Å². The van der Waals surface area contributed by atoms with Crippen molar-refractivity contribution < 1.29 is 13.2 Å². The molecule has 0 saturated carbocycles. The lowest BCUT2D eigenvalue weighted by atomic mass is 10.0. The van der Waals surface area contributed by atoms with Gasteiger partial charge in [-0.1, -0.05) is 31.2 Å². The van der Waals surface area contributed by atoms with Crippen molar-refractivity contribution in [1.29, 1.82) is 0 Å². The van der Waals surface area contributed by atoms with Gasteiger partial charge in [-0.15, -0.1) is 0 Å². The molecule has 1 aliphatic rings. The fraction of sp³-hybridized carbons (Fsp3) is 0.250. The number of halogens is 3. The molecule has 1 aliphatic heterocycles. The largest absolute Gasteiger partial charge is 0.431 e. The molecule has 90 valence electrons. The van der Waals surface area contributed by atoms with Crippen LogP contribution in [0.25, 0.3) is 0 Å². The monoisotopic (exact) mass is 240 g/mol. The fourth-order valence-electron chi connectivity index (χ4n) is 1.58. The maximum Gasteiger partial charge on any atom is 0.431 e. The molecular weight excluding hydrogens is 229 g/mol. The van der Waals surface area contributed by atoms with Crippen LogP contribution in [0.15, 0.2) is 47.7 Å². The maximum absolute atomic E-state index is 12.7. The summed E-state index contributed by atoms with van der Waals surface area (Å²) in [4.78, 5) is 0. The highest BCUT2D eigenvalue weighted by Gasteiger charge is 2.40. The second-order valence-electron chi connectivity index (χ2n) is 3.79. The van der Waals surface area contributed by atoms with Gasteiger partial charge in [0, 0.05) is 12.1 Å². The Morgan fingerprint density at radius 2 is 1.82 bits per heavy atom. The molecule has 2 nitrogen and oxygen atoms in total. The van der Waals surface area contributed by atoms with E-state index < -0.39 is 17.8 Å². The molecule has 0 spiro atoms. The molecule has 1 aromatic rings. The van der Waals surface area contributed by atoms with E-state index in [2.05, 4.69) is 5.10 Å². The predicted octanol–water partition coefficient (Wildman–Crippen LogP) is 3.57. The van der Waals surface area contributed by atoms with Crippen molar-refractivity contribution in [1.82, 2.24) is 0 Å². The molecule has 1 atom stereocenters. The number of alkyl halides is 3. The maximum atomic E-state index is 12.7. The van der Waals surface area contributed by atoms with Gasteiger partial charge in [0.15, 0.2) is 0 Å². The number of benzene rings is 1.